The Kier molecular flexibility index (Phi) is 4.29. The number of nitrogens with one attached hydrogen (secondary N) is 1. The summed E-state index contributed by atoms with van der Waals surface area (Å²) in [5.74, 6) is -0.739. The molecule has 2 amide bonds. The SMILES string of the molecule is Cc1ccc(N2NC(=O)C(=CC=Cc3ccccc3)C2=O)cc1C. The molecule has 1 aliphatic heterocycles. The van der Waals surface area contributed by atoms with Crippen molar-refractivity contribution in [2.45, 2.75) is 13.8 Å². The van der Waals surface area contributed by atoms with E-state index in [4.69, 9.17) is 0 Å². The maximum absolute atomic E-state index is 12.5. The normalized spacial score (nSPS) is 16.2. The van der Waals surface area contributed by atoms with Gasteiger partial charge in [-0.3, -0.25) is 15.0 Å². The smallest absolute Gasteiger partial charge is 0.267 e. The number of hydrogen-bond donors (Lipinski definition) is 1. The molecule has 3 rings (SSSR count). The van der Waals surface area contributed by atoms with Crippen molar-refractivity contribution in [3.63, 3.8) is 0 Å². The van der Waals surface area contributed by atoms with Crippen LogP contribution in [-0.2, 0) is 9.59 Å². The van der Waals surface area contributed by atoms with Crippen LogP contribution in [0, 0.1) is 13.8 Å². The van der Waals surface area contributed by atoms with Crippen LogP contribution in [0.5, 0.6) is 0 Å². The van der Waals surface area contributed by atoms with E-state index in [9.17, 15) is 9.59 Å². The molecule has 4 nitrogen and oxygen atoms in total. The minimum absolute atomic E-state index is 0.125. The molecule has 4 heteroatoms. The maximum Gasteiger partial charge on any atom is 0.282 e. The van der Waals surface area contributed by atoms with Crippen molar-refractivity contribution in [1.29, 1.82) is 0 Å². The highest BCUT2D eigenvalue weighted by Crippen LogP contribution is 2.22. The molecule has 0 atom stereocenters. The van der Waals surface area contributed by atoms with Crippen LogP contribution in [0.25, 0.3) is 6.08 Å². The van der Waals surface area contributed by atoms with E-state index >= 15 is 0 Å². The Morgan fingerprint density at radius 2 is 1.71 bits per heavy atom. The predicted octanol–water partition coefficient (Wildman–Crippen LogP) is 3.32. The summed E-state index contributed by atoms with van der Waals surface area (Å²) in [5.41, 5.74) is 6.60. The monoisotopic (exact) mass is 318 g/mol. The Morgan fingerprint density at radius 3 is 2.42 bits per heavy atom. The molecular formula is C20H18N2O2. The number of rotatable bonds is 3. The minimum Gasteiger partial charge on any atom is -0.267 e. The Balaban J connectivity index is 1.82. The van der Waals surface area contributed by atoms with Gasteiger partial charge in [0.1, 0.15) is 5.57 Å². The standard InChI is InChI=1S/C20H18N2O2/c1-14-11-12-17(13-15(14)2)22-20(24)18(19(23)21-22)10-6-9-16-7-4-3-5-8-16/h3-13H,1-2H3,(H,21,23). The summed E-state index contributed by atoms with van der Waals surface area (Å²) in [4.78, 5) is 24.6. The van der Waals surface area contributed by atoms with Gasteiger partial charge in [0, 0.05) is 0 Å². The van der Waals surface area contributed by atoms with E-state index in [1.807, 2.05) is 68.5 Å². The molecule has 0 spiro atoms. The second kappa shape index (κ2) is 6.54. The van der Waals surface area contributed by atoms with Crippen LogP contribution in [0.4, 0.5) is 5.69 Å². The lowest BCUT2D eigenvalue weighted by Crippen LogP contribution is -2.35. The van der Waals surface area contributed by atoms with Crippen LogP contribution in [0.3, 0.4) is 0 Å². The van der Waals surface area contributed by atoms with Crippen molar-refractivity contribution in [3.8, 4) is 0 Å². The van der Waals surface area contributed by atoms with Crippen molar-refractivity contribution in [2.75, 3.05) is 5.01 Å². The molecule has 0 radical (unpaired) electrons. The van der Waals surface area contributed by atoms with Gasteiger partial charge in [-0.2, -0.15) is 0 Å². The average Bonchev–Trinajstić information content (AvgIpc) is 2.86. The van der Waals surface area contributed by atoms with Gasteiger partial charge in [0.15, 0.2) is 0 Å². The first kappa shape index (κ1) is 15.7. The van der Waals surface area contributed by atoms with Gasteiger partial charge in [-0.05, 0) is 48.7 Å². The summed E-state index contributed by atoms with van der Waals surface area (Å²) in [6, 6.07) is 15.3. The van der Waals surface area contributed by atoms with Crippen LogP contribution in [0.1, 0.15) is 16.7 Å². The first-order valence-corrected chi connectivity index (χ1v) is 7.72. The summed E-state index contributed by atoms with van der Waals surface area (Å²) >= 11 is 0. The molecule has 1 aliphatic rings. The molecule has 1 N–H and O–H groups in total. The third kappa shape index (κ3) is 3.13. The number of hydrazine groups is 1. The fourth-order valence-corrected chi connectivity index (χ4v) is 2.44. The lowest BCUT2D eigenvalue weighted by atomic mass is 10.1. The predicted molar refractivity (Wildman–Crippen MR) is 95.1 cm³/mol. The zero-order chi connectivity index (χ0) is 17.1. The topological polar surface area (TPSA) is 49.4 Å². The Labute approximate surface area is 141 Å². The van der Waals surface area contributed by atoms with Crippen LogP contribution in [0.2, 0.25) is 0 Å². The molecule has 0 bridgehead atoms. The van der Waals surface area contributed by atoms with E-state index in [1.165, 1.54) is 5.01 Å². The zero-order valence-electron chi connectivity index (χ0n) is 13.6. The number of carbonyl (C=O) groups excluding carboxylic acids is 2. The van der Waals surface area contributed by atoms with E-state index in [1.54, 1.807) is 12.2 Å². The largest absolute Gasteiger partial charge is 0.282 e. The van der Waals surface area contributed by atoms with Gasteiger partial charge in [-0.25, -0.2) is 5.01 Å². The molecule has 2 aromatic carbocycles. The molecule has 0 saturated carbocycles. The maximum atomic E-state index is 12.5. The quantitative estimate of drug-likeness (QED) is 0.697. The van der Waals surface area contributed by atoms with E-state index < -0.39 is 5.91 Å². The summed E-state index contributed by atoms with van der Waals surface area (Å²) in [6.45, 7) is 3.98. The van der Waals surface area contributed by atoms with E-state index in [0.717, 1.165) is 16.7 Å². The third-order valence-electron chi connectivity index (χ3n) is 3.99. The molecule has 0 aromatic heterocycles. The highest BCUT2D eigenvalue weighted by Gasteiger charge is 2.34. The number of allylic oxidation sites excluding steroid dienone is 2. The van der Waals surface area contributed by atoms with Gasteiger partial charge >= 0.3 is 0 Å². The van der Waals surface area contributed by atoms with E-state index in [2.05, 4.69) is 5.43 Å². The fourth-order valence-electron chi connectivity index (χ4n) is 2.44. The first-order valence-electron chi connectivity index (χ1n) is 7.72. The van der Waals surface area contributed by atoms with E-state index in [0.29, 0.717) is 5.69 Å². The number of carbonyl (C=O) groups is 2. The van der Waals surface area contributed by atoms with Crippen molar-refractivity contribution < 1.29 is 9.59 Å². The van der Waals surface area contributed by atoms with Gasteiger partial charge in [0.05, 0.1) is 5.69 Å². The number of anilines is 1. The average molecular weight is 318 g/mol. The van der Waals surface area contributed by atoms with Gasteiger partial charge in [-0.15, -0.1) is 0 Å². The number of aryl methyl sites for hydroxylation is 2. The molecule has 120 valence electrons. The van der Waals surface area contributed by atoms with Crippen molar-refractivity contribution in [2.24, 2.45) is 0 Å². The molecule has 24 heavy (non-hydrogen) atoms. The van der Waals surface area contributed by atoms with Gasteiger partial charge in [-0.1, -0.05) is 48.6 Å². The lowest BCUT2D eigenvalue weighted by Gasteiger charge is -2.15. The second-order valence-electron chi connectivity index (χ2n) is 5.70. The Hall–Kier alpha value is -3.14. The zero-order valence-corrected chi connectivity index (χ0v) is 13.6. The molecule has 1 fully saturated rings. The Morgan fingerprint density at radius 1 is 0.958 bits per heavy atom. The van der Waals surface area contributed by atoms with Crippen LogP contribution >= 0.6 is 0 Å². The molecule has 0 unspecified atom stereocenters. The molecule has 0 aliphatic carbocycles. The van der Waals surface area contributed by atoms with Crippen molar-refractivity contribution in [3.05, 3.63) is 82.9 Å². The van der Waals surface area contributed by atoms with Crippen LogP contribution < -0.4 is 10.4 Å². The fraction of sp³-hybridized carbons (Fsp3) is 0.100. The van der Waals surface area contributed by atoms with Gasteiger partial charge in [0.25, 0.3) is 11.8 Å². The van der Waals surface area contributed by atoms with E-state index in [-0.39, 0.29) is 11.5 Å². The van der Waals surface area contributed by atoms with Gasteiger partial charge < -0.3 is 0 Å². The molecule has 2 aromatic rings. The van der Waals surface area contributed by atoms with Crippen LogP contribution in [-0.4, -0.2) is 11.8 Å². The minimum atomic E-state index is -0.393. The highest BCUT2D eigenvalue weighted by atomic mass is 16.2. The number of amides is 2. The number of benzene rings is 2. The number of hydrogen-bond acceptors (Lipinski definition) is 2. The molecule has 1 saturated heterocycles. The van der Waals surface area contributed by atoms with Gasteiger partial charge in [0.2, 0.25) is 0 Å². The Bertz CT molecular complexity index is 851. The highest BCUT2D eigenvalue weighted by molar-refractivity contribution is 6.29. The lowest BCUT2D eigenvalue weighted by molar-refractivity contribution is -0.117. The summed E-state index contributed by atoms with van der Waals surface area (Å²) in [5, 5.41) is 1.29. The molecular weight excluding hydrogens is 300 g/mol. The molecule has 1 heterocycles. The van der Waals surface area contributed by atoms with Crippen LogP contribution in [0.15, 0.2) is 66.3 Å². The second-order valence-corrected chi connectivity index (χ2v) is 5.70. The third-order valence-corrected chi connectivity index (χ3v) is 3.99. The summed E-state index contributed by atoms with van der Waals surface area (Å²) in [7, 11) is 0. The van der Waals surface area contributed by atoms with Crippen molar-refractivity contribution in [1.82, 2.24) is 5.43 Å². The summed E-state index contributed by atoms with van der Waals surface area (Å²) < 4.78 is 0. The number of nitrogens with zero attached hydrogens (tertiary/aromatic N) is 1. The first-order chi connectivity index (χ1) is 11.6. The summed E-state index contributed by atoms with van der Waals surface area (Å²) in [6.07, 6.45) is 5.12. The van der Waals surface area contributed by atoms with Crippen molar-refractivity contribution >= 4 is 23.6 Å².